The Kier molecular flexibility index (Phi) is 8.14. The van der Waals surface area contributed by atoms with Gasteiger partial charge in [0.15, 0.2) is 5.75 Å². The normalized spacial score (nSPS) is 13.9. The summed E-state index contributed by atoms with van der Waals surface area (Å²) < 4.78 is 14.6. The van der Waals surface area contributed by atoms with Crippen LogP contribution in [0, 0.1) is 5.82 Å². The number of benzene rings is 1. The number of nitrogens with zero attached hydrogens (tertiary/aromatic N) is 3. The van der Waals surface area contributed by atoms with Crippen LogP contribution in [0.5, 0.6) is 5.75 Å². The van der Waals surface area contributed by atoms with E-state index in [1.807, 2.05) is 0 Å². The van der Waals surface area contributed by atoms with Gasteiger partial charge in [0.2, 0.25) is 5.91 Å². The Balaban J connectivity index is 1.77. The summed E-state index contributed by atoms with van der Waals surface area (Å²) in [6, 6.07) is 6.62. The Morgan fingerprint density at radius 2 is 1.81 bits per heavy atom. The first-order valence-corrected chi connectivity index (χ1v) is 12.1. The molecule has 37 heavy (non-hydrogen) atoms. The SMILES string of the molecule is O=C(NC(CO)CO)c1c(O)c2ncc(Cc3ccc(F)cc3)cc2n(CCN2CCCCC2=O)c1=O. The number of carbonyl (C=O) groups is 2. The number of fused-ring (bicyclic) bond motifs is 1. The Hall–Kier alpha value is -3.83. The van der Waals surface area contributed by atoms with Crippen molar-refractivity contribution in [3.63, 3.8) is 0 Å². The number of halogens is 1. The molecule has 1 aliphatic rings. The predicted octanol–water partition coefficient (Wildman–Crippen LogP) is 0.927. The van der Waals surface area contributed by atoms with Crippen LogP contribution in [0.15, 0.2) is 41.3 Å². The van der Waals surface area contributed by atoms with Crippen LogP contribution in [-0.4, -0.2) is 73.9 Å². The van der Waals surface area contributed by atoms with Crippen molar-refractivity contribution >= 4 is 22.8 Å². The molecule has 0 bridgehead atoms. The lowest BCUT2D eigenvalue weighted by atomic mass is 10.0. The van der Waals surface area contributed by atoms with Gasteiger partial charge in [0.05, 0.1) is 24.8 Å². The van der Waals surface area contributed by atoms with Crippen molar-refractivity contribution in [3.8, 4) is 5.75 Å². The molecular weight excluding hydrogens is 483 g/mol. The van der Waals surface area contributed by atoms with E-state index in [1.165, 1.54) is 22.9 Å². The highest BCUT2D eigenvalue weighted by Gasteiger charge is 2.26. The zero-order chi connectivity index (χ0) is 26.5. The van der Waals surface area contributed by atoms with E-state index in [0.29, 0.717) is 24.9 Å². The lowest BCUT2D eigenvalue weighted by Crippen LogP contribution is -2.43. The minimum absolute atomic E-state index is 0.00999. The molecule has 3 aromatic rings. The molecule has 0 saturated carbocycles. The number of hydrogen-bond donors (Lipinski definition) is 4. The number of pyridine rings is 2. The van der Waals surface area contributed by atoms with Gasteiger partial charge < -0.3 is 30.1 Å². The summed E-state index contributed by atoms with van der Waals surface area (Å²) in [5.74, 6) is -1.95. The quantitative estimate of drug-likeness (QED) is 0.334. The van der Waals surface area contributed by atoms with Crippen molar-refractivity contribution < 1.29 is 29.3 Å². The maximum atomic E-state index is 13.5. The van der Waals surface area contributed by atoms with Crippen LogP contribution in [-0.2, 0) is 17.8 Å². The average Bonchev–Trinajstić information content (AvgIpc) is 2.89. The zero-order valence-corrected chi connectivity index (χ0v) is 20.2. The Bertz CT molecular complexity index is 1350. The standard InChI is InChI=1S/C26H29FN4O6/c27-18-6-4-16(5-7-18)11-17-12-20-23(28-13-17)24(35)22(25(36)29-19(14-32)15-33)26(37)31(20)10-9-30-8-2-1-3-21(30)34/h4-7,12-13,19,32-33,35H,1-3,8-11,14-15H2,(H,29,36). The zero-order valence-electron chi connectivity index (χ0n) is 20.2. The highest BCUT2D eigenvalue weighted by molar-refractivity contribution is 6.01. The van der Waals surface area contributed by atoms with Crippen LogP contribution in [0.25, 0.3) is 11.0 Å². The van der Waals surface area contributed by atoms with E-state index < -0.39 is 42.0 Å². The van der Waals surface area contributed by atoms with Crippen LogP contribution in [0.1, 0.15) is 40.7 Å². The van der Waals surface area contributed by atoms with Gasteiger partial charge >= 0.3 is 0 Å². The second kappa shape index (κ2) is 11.5. The van der Waals surface area contributed by atoms with E-state index >= 15 is 0 Å². The second-order valence-electron chi connectivity index (χ2n) is 9.07. The molecule has 196 valence electrons. The van der Waals surface area contributed by atoms with E-state index in [1.54, 1.807) is 23.1 Å². The van der Waals surface area contributed by atoms with Gasteiger partial charge in [-0.15, -0.1) is 0 Å². The van der Waals surface area contributed by atoms with Crippen molar-refractivity contribution in [2.75, 3.05) is 26.3 Å². The second-order valence-corrected chi connectivity index (χ2v) is 9.07. The van der Waals surface area contributed by atoms with Crippen LogP contribution in [0.4, 0.5) is 4.39 Å². The number of aliphatic hydroxyl groups excluding tert-OH is 2. The van der Waals surface area contributed by atoms with E-state index in [9.17, 15) is 34.1 Å². The monoisotopic (exact) mass is 512 g/mol. The summed E-state index contributed by atoms with van der Waals surface area (Å²) in [6.45, 7) is -0.260. The molecule has 1 fully saturated rings. The highest BCUT2D eigenvalue weighted by atomic mass is 19.1. The van der Waals surface area contributed by atoms with Crippen molar-refractivity contribution in [2.45, 2.75) is 38.3 Å². The number of aromatic nitrogens is 2. The molecule has 2 aromatic heterocycles. The Morgan fingerprint density at radius 3 is 2.49 bits per heavy atom. The molecule has 10 nitrogen and oxygen atoms in total. The molecule has 3 heterocycles. The largest absolute Gasteiger partial charge is 0.505 e. The van der Waals surface area contributed by atoms with Crippen LogP contribution < -0.4 is 10.9 Å². The number of carbonyl (C=O) groups excluding carboxylic acids is 2. The Labute approximate surface area is 212 Å². The van der Waals surface area contributed by atoms with Gasteiger partial charge in [0.1, 0.15) is 16.9 Å². The maximum Gasteiger partial charge on any atom is 0.267 e. The smallest absolute Gasteiger partial charge is 0.267 e. The fourth-order valence-corrected chi connectivity index (χ4v) is 4.43. The first-order valence-electron chi connectivity index (χ1n) is 12.1. The van der Waals surface area contributed by atoms with Crippen molar-refractivity contribution in [2.24, 2.45) is 0 Å². The van der Waals surface area contributed by atoms with Gasteiger partial charge in [0.25, 0.3) is 11.5 Å². The number of likely N-dealkylation sites (tertiary alicyclic amines) is 1. The van der Waals surface area contributed by atoms with E-state index in [4.69, 9.17) is 0 Å². The minimum Gasteiger partial charge on any atom is -0.505 e. The molecule has 4 rings (SSSR count). The van der Waals surface area contributed by atoms with Gasteiger partial charge in [-0.2, -0.15) is 0 Å². The number of hydrogen-bond acceptors (Lipinski definition) is 7. The van der Waals surface area contributed by atoms with Crippen molar-refractivity contribution in [1.82, 2.24) is 19.8 Å². The van der Waals surface area contributed by atoms with Crippen LogP contribution in [0.3, 0.4) is 0 Å². The highest BCUT2D eigenvalue weighted by Crippen LogP contribution is 2.26. The molecule has 1 aliphatic heterocycles. The van der Waals surface area contributed by atoms with Gasteiger partial charge in [-0.25, -0.2) is 4.39 Å². The number of piperidine rings is 1. The number of aromatic hydroxyl groups is 1. The van der Waals surface area contributed by atoms with Crippen LogP contribution >= 0.6 is 0 Å². The molecule has 2 amide bonds. The molecule has 4 N–H and O–H groups in total. The van der Waals surface area contributed by atoms with Gasteiger partial charge in [-0.05, 0) is 48.6 Å². The molecule has 0 unspecified atom stereocenters. The molecule has 0 spiro atoms. The maximum absolute atomic E-state index is 13.5. The lowest BCUT2D eigenvalue weighted by Gasteiger charge is -2.27. The number of amides is 2. The average molecular weight is 513 g/mol. The topological polar surface area (TPSA) is 145 Å². The molecule has 1 saturated heterocycles. The van der Waals surface area contributed by atoms with Gasteiger partial charge in [0, 0.05) is 32.3 Å². The predicted molar refractivity (Wildman–Crippen MR) is 133 cm³/mol. The van der Waals surface area contributed by atoms with Crippen molar-refractivity contribution in [1.29, 1.82) is 0 Å². The first-order chi connectivity index (χ1) is 17.8. The van der Waals surface area contributed by atoms with Gasteiger partial charge in [-0.1, -0.05) is 12.1 Å². The van der Waals surface area contributed by atoms with E-state index in [-0.39, 0.29) is 35.8 Å². The third-order valence-electron chi connectivity index (χ3n) is 6.47. The molecule has 0 radical (unpaired) electrons. The summed E-state index contributed by atoms with van der Waals surface area (Å²) in [5.41, 5.74) is 0.449. The Morgan fingerprint density at radius 1 is 1.08 bits per heavy atom. The number of rotatable bonds is 9. The van der Waals surface area contributed by atoms with E-state index in [0.717, 1.165) is 18.4 Å². The number of aliphatic hydroxyl groups is 2. The lowest BCUT2D eigenvalue weighted by molar-refractivity contribution is -0.133. The molecule has 1 aromatic carbocycles. The minimum atomic E-state index is -1.02. The molecular formula is C26H29FN4O6. The molecule has 0 aliphatic carbocycles. The summed E-state index contributed by atoms with van der Waals surface area (Å²) in [7, 11) is 0. The van der Waals surface area contributed by atoms with Gasteiger partial charge in [-0.3, -0.25) is 19.4 Å². The summed E-state index contributed by atoms with van der Waals surface area (Å²) in [5, 5.41) is 31.8. The molecule has 11 heteroatoms. The third-order valence-corrected chi connectivity index (χ3v) is 6.47. The first kappa shape index (κ1) is 26.2. The fourth-order valence-electron chi connectivity index (χ4n) is 4.43. The van der Waals surface area contributed by atoms with Crippen molar-refractivity contribution in [3.05, 3.63) is 69.4 Å². The summed E-state index contributed by atoms with van der Waals surface area (Å²) >= 11 is 0. The fraction of sp³-hybridized carbons (Fsp3) is 0.385. The van der Waals surface area contributed by atoms with E-state index in [2.05, 4.69) is 10.3 Å². The summed E-state index contributed by atoms with van der Waals surface area (Å²) in [4.78, 5) is 44.7. The number of nitrogens with one attached hydrogen (secondary N) is 1. The third kappa shape index (κ3) is 5.78. The van der Waals surface area contributed by atoms with Crippen LogP contribution in [0.2, 0.25) is 0 Å². The molecule has 0 atom stereocenters. The summed E-state index contributed by atoms with van der Waals surface area (Å²) in [6.07, 6.45) is 4.00.